The van der Waals surface area contributed by atoms with Crippen LogP contribution >= 0.6 is 11.8 Å². The zero-order valence-corrected chi connectivity index (χ0v) is 13.4. The van der Waals surface area contributed by atoms with Gasteiger partial charge in [-0.25, -0.2) is 0 Å². The highest BCUT2D eigenvalue weighted by molar-refractivity contribution is 7.99. The van der Waals surface area contributed by atoms with Crippen molar-refractivity contribution in [3.8, 4) is 5.75 Å². The summed E-state index contributed by atoms with van der Waals surface area (Å²) in [5.74, 6) is 3.49. The first-order chi connectivity index (χ1) is 9.79. The molecule has 112 valence electrons. The number of ether oxygens (including phenoxy) is 1. The quantitative estimate of drug-likeness (QED) is 0.835. The van der Waals surface area contributed by atoms with E-state index in [2.05, 4.69) is 54.0 Å². The molecule has 0 saturated carbocycles. The van der Waals surface area contributed by atoms with Crippen LogP contribution in [0.3, 0.4) is 0 Å². The number of rotatable bonds is 7. The molecular weight excluding hydrogens is 268 g/mol. The predicted octanol–water partition coefficient (Wildman–Crippen LogP) is 2.61. The number of hydrogen-bond acceptors (Lipinski definition) is 4. The summed E-state index contributed by atoms with van der Waals surface area (Å²) in [6.45, 7) is 9.33. The van der Waals surface area contributed by atoms with Crippen LogP contribution in [0.5, 0.6) is 5.75 Å². The molecule has 0 radical (unpaired) electrons. The third kappa shape index (κ3) is 5.00. The fourth-order valence-corrected chi connectivity index (χ4v) is 3.47. The van der Waals surface area contributed by atoms with Crippen LogP contribution in [0.25, 0.3) is 0 Å². The lowest BCUT2D eigenvalue weighted by Crippen LogP contribution is -2.42. The van der Waals surface area contributed by atoms with E-state index in [9.17, 15) is 0 Å². The van der Waals surface area contributed by atoms with Crippen LogP contribution in [-0.4, -0.2) is 48.7 Å². The van der Waals surface area contributed by atoms with Crippen molar-refractivity contribution in [1.82, 2.24) is 10.2 Å². The molecule has 2 rings (SSSR count). The minimum Gasteiger partial charge on any atom is -0.492 e. The molecular formula is C16H26N2OS. The van der Waals surface area contributed by atoms with Crippen molar-refractivity contribution in [1.29, 1.82) is 0 Å². The summed E-state index contributed by atoms with van der Waals surface area (Å²) >= 11 is 2.06. The Morgan fingerprint density at radius 1 is 1.45 bits per heavy atom. The number of hydrogen-bond donors (Lipinski definition) is 1. The van der Waals surface area contributed by atoms with Gasteiger partial charge in [0, 0.05) is 37.2 Å². The third-order valence-corrected chi connectivity index (χ3v) is 4.82. The van der Waals surface area contributed by atoms with E-state index in [1.165, 1.54) is 23.6 Å². The summed E-state index contributed by atoms with van der Waals surface area (Å²) < 4.78 is 5.90. The largest absolute Gasteiger partial charge is 0.492 e. The van der Waals surface area contributed by atoms with Crippen molar-refractivity contribution in [2.75, 3.05) is 37.7 Å². The van der Waals surface area contributed by atoms with E-state index < -0.39 is 0 Å². The first-order valence-corrected chi connectivity index (χ1v) is 8.69. The Kier molecular flexibility index (Phi) is 6.70. The van der Waals surface area contributed by atoms with Crippen molar-refractivity contribution in [2.45, 2.75) is 26.4 Å². The Bertz CT molecular complexity index is 400. The van der Waals surface area contributed by atoms with Crippen molar-refractivity contribution in [2.24, 2.45) is 0 Å². The highest BCUT2D eigenvalue weighted by Crippen LogP contribution is 2.16. The molecule has 1 aliphatic rings. The molecule has 1 N–H and O–H groups in total. The average Bonchev–Trinajstić information content (AvgIpc) is 2.48. The highest BCUT2D eigenvalue weighted by Gasteiger charge is 2.17. The highest BCUT2D eigenvalue weighted by atomic mass is 32.2. The molecule has 0 aliphatic carbocycles. The lowest BCUT2D eigenvalue weighted by atomic mass is 10.2. The maximum Gasteiger partial charge on any atom is 0.119 e. The number of nitrogens with one attached hydrogen (secondary N) is 1. The molecule has 1 aliphatic heterocycles. The molecule has 1 saturated heterocycles. The van der Waals surface area contributed by atoms with E-state index in [4.69, 9.17) is 4.74 Å². The van der Waals surface area contributed by atoms with Crippen LogP contribution in [0.2, 0.25) is 0 Å². The van der Waals surface area contributed by atoms with Gasteiger partial charge in [0.15, 0.2) is 0 Å². The number of nitrogens with zero attached hydrogens (tertiary/aromatic N) is 1. The monoisotopic (exact) mass is 294 g/mol. The van der Waals surface area contributed by atoms with Gasteiger partial charge in [-0.15, -0.1) is 0 Å². The van der Waals surface area contributed by atoms with Crippen LogP contribution in [0.15, 0.2) is 24.3 Å². The zero-order valence-electron chi connectivity index (χ0n) is 12.6. The second kappa shape index (κ2) is 8.55. The van der Waals surface area contributed by atoms with Gasteiger partial charge in [-0.3, -0.25) is 4.90 Å². The minimum atomic E-state index is 0.678. The minimum absolute atomic E-state index is 0.678. The maximum atomic E-state index is 5.90. The summed E-state index contributed by atoms with van der Waals surface area (Å²) in [5.41, 5.74) is 1.28. The lowest BCUT2D eigenvalue weighted by Gasteiger charge is -2.32. The Labute approximate surface area is 127 Å². The Balaban J connectivity index is 1.75. The molecule has 1 fully saturated rings. The molecule has 20 heavy (non-hydrogen) atoms. The molecule has 0 spiro atoms. The van der Waals surface area contributed by atoms with Gasteiger partial charge >= 0.3 is 0 Å². The molecule has 0 aromatic heterocycles. The normalized spacial score (nSPS) is 20.0. The van der Waals surface area contributed by atoms with Crippen molar-refractivity contribution >= 4 is 11.8 Å². The van der Waals surface area contributed by atoms with Crippen molar-refractivity contribution < 1.29 is 4.74 Å². The summed E-state index contributed by atoms with van der Waals surface area (Å²) in [7, 11) is 0. The fraction of sp³-hybridized carbons (Fsp3) is 0.625. The van der Waals surface area contributed by atoms with Crippen molar-refractivity contribution in [3.63, 3.8) is 0 Å². The standard InChI is InChI=1S/C16H26N2OS/c1-3-17-12-15-5-4-6-16(11-15)19-9-7-18-8-10-20-13-14(18)2/h4-6,11,14,17H,3,7-10,12-13H2,1-2H3. The van der Waals surface area contributed by atoms with Crippen LogP contribution in [0, 0.1) is 0 Å². The number of thioether (sulfide) groups is 1. The second-order valence-corrected chi connectivity index (χ2v) is 6.39. The Hall–Kier alpha value is -0.710. The van der Waals surface area contributed by atoms with Crippen LogP contribution < -0.4 is 10.1 Å². The van der Waals surface area contributed by atoms with Crippen LogP contribution in [0.4, 0.5) is 0 Å². The maximum absolute atomic E-state index is 5.90. The van der Waals surface area contributed by atoms with E-state index in [1.54, 1.807) is 0 Å². The molecule has 1 aromatic rings. The van der Waals surface area contributed by atoms with Gasteiger partial charge in [-0.2, -0.15) is 11.8 Å². The smallest absolute Gasteiger partial charge is 0.119 e. The Morgan fingerprint density at radius 2 is 2.35 bits per heavy atom. The van der Waals surface area contributed by atoms with E-state index >= 15 is 0 Å². The molecule has 4 heteroatoms. The third-order valence-electron chi connectivity index (χ3n) is 3.63. The molecule has 1 aromatic carbocycles. The van der Waals surface area contributed by atoms with Gasteiger partial charge in [0.05, 0.1) is 0 Å². The van der Waals surface area contributed by atoms with E-state index in [1.807, 2.05) is 6.07 Å². The second-order valence-electron chi connectivity index (χ2n) is 5.24. The lowest BCUT2D eigenvalue weighted by molar-refractivity contribution is 0.183. The molecule has 1 unspecified atom stereocenters. The van der Waals surface area contributed by atoms with Gasteiger partial charge in [0.2, 0.25) is 0 Å². The van der Waals surface area contributed by atoms with E-state index in [0.717, 1.165) is 32.0 Å². The van der Waals surface area contributed by atoms with Gasteiger partial charge in [-0.05, 0) is 31.2 Å². The zero-order chi connectivity index (χ0) is 14.2. The molecule has 1 heterocycles. The van der Waals surface area contributed by atoms with Gasteiger partial charge in [-0.1, -0.05) is 19.1 Å². The van der Waals surface area contributed by atoms with Crippen molar-refractivity contribution in [3.05, 3.63) is 29.8 Å². The first kappa shape index (κ1) is 15.7. The van der Waals surface area contributed by atoms with Crippen LogP contribution in [0.1, 0.15) is 19.4 Å². The average molecular weight is 294 g/mol. The summed E-state index contributed by atoms with van der Waals surface area (Å²) in [5, 5.41) is 3.34. The molecule has 0 bridgehead atoms. The van der Waals surface area contributed by atoms with Gasteiger partial charge in [0.1, 0.15) is 12.4 Å². The van der Waals surface area contributed by atoms with Gasteiger partial charge in [0.25, 0.3) is 0 Å². The first-order valence-electron chi connectivity index (χ1n) is 7.54. The molecule has 0 amide bonds. The van der Waals surface area contributed by atoms with E-state index in [-0.39, 0.29) is 0 Å². The van der Waals surface area contributed by atoms with E-state index in [0.29, 0.717) is 6.04 Å². The van der Waals surface area contributed by atoms with Gasteiger partial charge < -0.3 is 10.1 Å². The van der Waals surface area contributed by atoms with Crippen LogP contribution in [-0.2, 0) is 6.54 Å². The predicted molar refractivity (Wildman–Crippen MR) is 87.7 cm³/mol. The summed E-state index contributed by atoms with van der Waals surface area (Å²) in [6.07, 6.45) is 0. The fourth-order valence-electron chi connectivity index (χ4n) is 2.39. The SMILES string of the molecule is CCNCc1cccc(OCCN2CCSCC2C)c1. The molecule has 1 atom stereocenters. The topological polar surface area (TPSA) is 24.5 Å². The number of benzene rings is 1. The Morgan fingerprint density at radius 3 is 3.15 bits per heavy atom. The summed E-state index contributed by atoms with van der Waals surface area (Å²) in [6, 6.07) is 9.07. The molecule has 3 nitrogen and oxygen atoms in total. The summed E-state index contributed by atoms with van der Waals surface area (Å²) in [4.78, 5) is 2.53.